The predicted octanol–water partition coefficient (Wildman–Crippen LogP) is 1.99. The van der Waals surface area contributed by atoms with Crippen LogP contribution < -0.4 is 10.1 Å². The molecular weight excluding hydrogens is 346 g/mol. The number of esters is 1. The van der Waals surface area contributed by atoms with E-state index in [2.05, 4.69) is 5.32 Å². The molecule has 0 aliphatic carbocycles. The maximum atomic E-state index is 12.5. The lowest BCUT2D eigenvalue weighted by Gasteiger charge is -2.30. The predicted molar refractivity (Wildman–Crippen MR) is 99.5 cm³/mol. The minimum atomic E-state index is -0.318. The third-order valence-corrected chi connectivity index (χ3v) is 4.46. The van der Waals surface area contributed by atoms with Crippen LogP contribution >= 0.6 is 0 Å². The highest BCUT2D eigenvalue weighted by molar-refractivity contribution is 5.97. The van der Waals surface area contributed by atoms with Crippen molar-refractivity contribution in [3.63, 3.8) is 0 Å². The number of amides is 1. The molecule has 1 aromatic carbocycles. The van der Waals surface area contributed by atoms with Gasteiger partial charge in [-0.05, 0) is 37.5 Å². The third-order valence-electron chi connectivity index (χ3n) is 4.46. The molecule has 2 rings (SSSR count). The van der Waals surface area contributed by atoms with Crippen LogP contribution in [-0.2, 0) is 20.9 Å². The van der Waals surface area contributed by atoms with Gasteiger partial charge < -0.3 is 19.7 Å². The van der Waals surface area contributed by atoms with Crippen LogP contribution in [0.25, 0.3) is 0 Å². The Labute approximate surface area is 159 Å². The molecule has 0 saturated carbocycles. The SMILES string of the molecule is CCOC(=O)C1CCN(C(=O)/C(C#N)=C\NCc2ccc(OC)cc2)CC1. The molecule has 1 aliphatic rings. The maximum absolute atomic E-state index is 12.5. The van der Waals surface area contributed by atoms with E-state index in [1.165, 1.54) is 6.20 Å². The van der Waals surface area contributed by atoms with E-state index in [-0.39, 0.29) is 23.4 Å². The molecule has 0 aromatic heterocycles. The molecule has 0 unspecified atom stereocenters. The van der Waals surface area contributed by atoms with Crippen molar-refractivity contribution in [2.45, 2.75) is 26.3 Å². The van der Waals surface area contributed by atoms with Crippen molar-refractivity contribution in [1.29, 1.82) is 5.26 Å². The van der Waals surface area contributed by atoms with Crippen LogP contribution in [0.4, 0.5) is 0 Å². The molecule has 0 bridgehead atoms. The van der Waals surface area contributed by atoms with E-state index in [1.54, 1.807) is 18.9 Å². The van der Waals surface area contributed by atoms with E-state index in [1.807, 2.05) is 30.3 Å². The van der Waals surface area contributed by atoms with Crippen molar-refractivity contribution in [2.24, 2.45) is 5.92 Å². The highest BCUT2D eigenvalue weighted by Gasteiger charge is 2.29. The number of likely N-dealkylation sites (tertiary alicyclic amines) is 1. The second-order valence-electron chi connectivity index (χ2n) is 6.22. The Kier molecular flexibility index (Phi) is 7.68. The number of carbonyl (C=O) groups excluding carboxylic acids is 2. The summed E-state index contributed by atoms with van der Waals surface area (Å²) < 4.78 is 10.1. The molecule has 1 saturated heterocycles. The summed E-state index contributed by atoms with van der Waals surface area (Å²) in [5, 5.41) is 12.3. The quantitative estimate of drug-likeness (QED) is 0.448. The highest BCUT2D eigenvalue weighted by atomic mass is 16.5. The number of methoxy groups -OCH3 is 1. The normalized spacial score (nSPS) is 15.0. The Morgan fingerprint density at radius 3 is 2.52 bits per heavy atom. The van der Waals surface area contributed by atoms with Crippen molar-refractivity contribution in [3.8, 4) is 11.8 Å². The fourth-order valence-corrected chi connectivity index (χ4v) is 2.90. The van der Waals surface area contributed by atoms with Gasteiger partial charge in [0, 0.05) is 25.8 Å². The Bertz CT molecular complexity index is 714. The van der Waals surface area contributed by atoms with E-state index in [9.17, 15) is 14.9 Å². The molecule has 7 heteroatoms. The van der Waals surface area contributed by atoms with Gasteiger partial charge >= 0.3 is 5.97 Å². The van der Waals surface area contributed by atoms with E-state index in [0.29, 0.717) is 39.1 Å². The molecule has 27 heavy (non-hydrogen) atoms. The summed E-state index contributed by atoms with van der Waals surface area (Å²) in [5.74, 6) is 0.0777. The summed E-state index contributed by atoms with van der Waals surface area (Å²) in [7, 11) is 1.61. The molecule has 0 spiro atoms. The number of hydrogen-bond donors (Lipinski definition) is 1. The first kappa shape index (κ1) is 20.3. The zero-order chi connectivity index (χ0) is 19.6. The van der Waals surface area contributed by atoms with Crippen LogP contribution in [0.5, 0.6) is 5.75 Å². The monoisotopic (exact) mass is 371 g/mol. The van der Waals surface area contributed by atoms with Crippen LogP contribution in [0.2, 0.25) is 0 Å². The Hall–Kier alpha value is -3.01. The van der Waals surface area contributed by atoms with Gasteiger partial charge in [-0.1, -0.05) is 12.1 Å². The number of hydrogen-bond acceptors (Lipinski definition) is 6. The van der Waals surface area contributed by atoms with Crippen LogP contribution in [0, 0.1) is 17.2 Å². The summed E-state index contributed by atoms with van der Waals surface area (Å²) in [5.41, 5.74) is 1.06. The zero-order valence-electron chi connectivity index (χ0n) is 15.7. The molecule has 1 fully saturated rings. The summed E-state index contributed by atoms with van der Waals surface area (Å²) in [6.07, 6.45) is 2.56. The van der Waals surface area contributed by atoms with Gasteiger partial charge in [0.15, 0.2) is 0 Å². The van der Waals surface area contributed by atoms with Gasteiger partial charge in [0.25, 0.3) is 5.91 Å². The van der Waals surface area contributed by atoms with Gasteiger partial charge in [-0.3, -0.25) is 9.59 Å². The van der Waals surface area contributed by atoms with Gasteiger partial charge in [0.1, 0.15) is 17.4 Å². The molecule has 1 aliphatic heterocycles. The van der Waals surface area contributed by atoms with Crippen molar-refractivity contribution in [1.82, 2.24) is 10.2 Å². The molecule has 0 atom stereocenters. The standard InChI is InChI=1S/C20H25N3O4/c1-3-27-20(25)16-8-10-23(11-9-16)19(24)17(12-21)14-22-13-15-4-6-18(26-2)7-5-15/h4-7,14,16,22H,3,8-11,13H2,1-2H3/b17-14-. The van der Waals surface area contributed by atoms with E-state index in [4.69, 9.17) is 9.47 Å². The molecule has 144 valence electrons. The fraction of sp³-hybridized carbons (Fsp3) is 0.450. The van der Waals surface area contributed by atoms with Crippen LogP contribution in [-0.4, -0.2) is 43.6 Å². The summed E-state index contributed by atoms with van der Waals surface area (Å²) in [4.78, 5) is 25.9. The van der Waals surface area contributed by atoms with Gasteiger partial charge in [0.2, 0.25) is 0 Å². The summed E-state index contributed by atoms with van der Waals surface area (Å²) >= 11 is 0. The smallest absolute Gasteiger partial charge is 0.309 e. The average molecular weight is 371 g/mol. The molecule has 1 heterocycles. The van der Waals surface area contributed by atoms with Crippen LogP contribution in [0.3, 0.4) is 0 Å². The number of piperidine rings is 1. The number of benzene rings is 1. The molecule has 7 nitrogen and oxygen atoms in total. The fourth-order valence-electron chi connectivity index (χ4n) is 2.90. The average Bonchev–Trinajstić information content (AvgIpc) is 2.71. The second-order valence-corrected chi connectivity index (χ2v) is 6.22. The van der Waals surface area contributed by atoms with E-state index < -0.39 is 0 Å². The number of ether oxygens (including phenoxy) is 2. The first-order valence-electron chi connectivity index (χ1n) is 9.01. The summed E-state index contributed by atoms with van der Waals surface area (Å²) in [6, 6.07) is 9.48. The maximum Gasteiger partial charge on any atom is 0.309 e. The number of nitrogens with one attached hydrogen (secondary N) is 1. The van der Waals surface area contributed by atoms with Gasteiger partial charge in [0.05, 0.1) is 19.6 Å². The van der Waals surface area contributed by atoms with E-state index in [0.717, 1.165) is 11.3 Å². The van der Waals surface area contributed by atoms with Crippen LogP contribution in [0.1, 0.15) is 25.3 Å². The van der Waals surface area contributed by atoms with Crippen molar-refractivity contribution >= 4 is 11.9 Å². The largest absolute Gasteiger partial charge is 0.497 e. The Morgan fingerprint density at radius 1 is 1.30 bits per heavy atom. The molecule has 0 radical (unpaired) electrons. The minimum Gasteiger partial charge on any atom is -0.497 e. The number of carbonyl (C=O) groups is 2. The molecular formula is C20H25N3O4. The van der Waals surface area contributed by atoms with Crippen molar-refractivity contribution < 1.29 is 19.1 Å². The lowest BCUT2D eigenvalue weighted by molar-refractivity contribution is -0.150. The Balaban J connectivity index is 1.87. The van der Waals surface area contributed by atoms with Gasteiger partial charge in [-0.25, -0.2) is 0 Å². The topological polar surface area (TPSA) is 91.7 Å². The number of rotatable bonds is 7. The summed E-state index contributed by atoms with van der Waals surface area (Å²) in [6.45, 7) is 3.52. The lowest BCUT2D eigenvalue weighted by atomic mass is 9.96. The van der Waals surface area contributed by atoms with Gasteiger partial charge in [-0.2, -0.15) is 5.26 Å². The minimum absolute atomic E-state index is 0.0538. The molecule has 1 amide bonds. The molecule has 1 N–H and O–H groups in total. The first-order chi connectivity index (χ1) is 13.1. The lowest BCUT2D eigenvalue weighted by Crippen LogP contribution is -2.41. The van der Waals surface area contributed by atoms with E-state index >= 15 is 0 Å². The second kappa shape index (κ2) is 10.2. The van der Waals surface area contributed by atoms with Crippen molar-refractivity contribution in [3.05, 3.63) is 41.6 Å². The third kappa shape index (κ3) is 5.74. The number of nitrogens with zero attached hydrogens (tertiary/aromatic N) is 2. The number of nitriles is 1. The van der Waals surface area contributed by atoms with Crippen LogP contribution in [0.15, 0.2) is 36.0 Å². The highest BCUT2D eigenvalue weighted by Crippen LogP contribution is 2.20. The molecule has 1 aromatic rings. The Morgan fingerprint density at radius 2 is 1.96 bits per heavy atom. The zero-order valence-corrected chi connectivity index (χ0v) is 15.7. The first-order valence-corrected chi connectivity index (χ1v) is 9.01. The van der Waals surface area contributed by atoms with Gasteiger partial charge in [-0.15, -0.1) is 0 Å². The van der Waals surface area contributed by atoms with Crippen molar-refractivity contribution in [2.75, 3.05) is 26.8 Å².